The van der Waals surface area contributed by atoms with Crippen LogP contribution in [-0.2, 0) is 0 Å². The van der Waals surface area contributed by atoms with Gasteiger partial charge in [-0.1, -0.05) is 11.6 Å². The van der Waals surface area contributed by atoms with Crippen LogP contribution in [0.3, 0.4) is 0 Å². The van der Waals surface area contributed by atoms with Crippen molar-refractivity contribution < 1.29 is 14.3 Å². The number of ether oxygens (including phenoxy) is 1. The van der Waals surface area contributed by atoms with Crippen molar-refractivity contribution in [1.82, 2.24) is 4.90 Å². The molecule has 0 saturated heterocycles. The van der Waals surface area contributed by atoms with Crippen molar-refractivity contribution in [3.8, 4) is 11.5 Å². The van der Waals surface area contributed by atoms with Crippen LogP contribution in [-0.4, -0.2) is 23.3 Å². The van der Waals surface area contributed by atoms with E-state index in [-0.39, 0.29) is 0 Å². The van der Waals surface area contributed by atoms with Crippen LogP contribution in [0.5, 0.6) is 11.5 Å². The Morgan fingerprint density at radius 3 is 2.00 bits per heavy atom. The maximum Gasteiger partial charge on any atom is 0.329 e. The lowest BCUT2D eigenvalue weighted by molar-refractivity contribution is 0.216. The third-order valence-corrected chi connectivity index (χ3v) is 3.23. The molecule has 0 bridgehead atoms. The summed E-state index contributed by atoms with van der Waals surface area (Å²) in [6.07, 6.45) is 0. The summed E-state index contributed by atoms with van der Waals surface area (Å²) in [6.45, 7) is 0. The van der Waals surface area contributed by atoms with Crippen LogP contribution in [0, 0.1) is 0 Å². The minimum Gasteiger partial charge on any atom is -0.457 e. The van der Waals surface area contributed by atoms with E-state index in [4.69, 9.17) is 27.9 Å². The van der Waals surface area contributed by atoms with E-state index >= 15 is 0 Å². The van der Waals surface area contributed by atoms with Gasteiger partial charge in [-0.2, -0.15) is 0 Å². The van der Waals surface area contributed by atoms with Crippen molar-refractivity contribution in [2.75, 3.05) is 12.4 Å². The fourth-order valence-corrected chi connectivity index (χ4v) is 1.73. The molecule has 2 aromatic rings. The minimum absolute atomic E-state index is 0.512. The average molecular weight is 339 g/mol. The molecule has 114 valence electrons. The summed E-state index contributed by atoms with van der Waals surface area (Å²) in [5.74, 6) is 1.25. The number of imide groups is 1. The molecule has 0 atom stereocenters. The van der Waals surface area contributed by atoms with E-state index in [1.165, 1.54) is 7.05 Å². The Balaban J connectivity index is 1.99. The van der Waals surface area contributed by atoms with Crippen molar-refractivity contribution in [3.63, 3.8) is 0 Å². The second-order valence-electron chi connectivity index (χ2n) is 4.32. The lowest BCUT2D eigenvalue weighted by atomic mass is 10.3. The molecule has 0 saturated carbocycles. The topological polar surface area (TPSA) is 58.6 Å². The summed E-state index contributed by atoms with van der Waals surface area (Å²) in [6, 6.07) is 13.0. The van der Waals surface area contributed by atoms with Gasteiger partial charge in [-0.15, -0.1) is 0 Å². The Hall–Kier alpha value is -2.24. The van der Waals surface area contributed by atoms with Crippen LogP contribution in [0.15, 0.2) is 48.5 Å². The minimum atomic E-state index is -0.861. The van der Waals surface area contributed by atoms with Crippen molar-refractivity contribution >= 4 is 40.3 Å². The van der Waals surface area contributed by atoms with Crippen LogP contribution in [0.2, 0.25) is 5.02 Å². The highest BCUT2D eigenvalue weighted by Crippen LogP contribution is 2.24. The molecule has 5 nitrogen and oxygen atoms in total. The van der Waals surface area contributed by atoms with Gasteiger partial charge in [-0.05, 0) is 60.1 Å². The van der Waals surface area contributed by atoms with Crippen LogP contribution >= 0.6 is 23.2 Å². The van der Waals surface area contributed by atoms with Gasteiger partial charge in [-0.3, -0.25) is 9.69 Å². The summed E-state index contributed by atoms with van der Waals surface area (Å²) < 4.78 is 5.62. The van der Waals surface area contributed by atoms with Gasteiger partial charge in [0.15, 0.2) is 0 Å². The van der Waals surface area contributed by atoms with Crippen molar-refractivity contribution in [1.29, 1.82) is 0 Å². The summed E-state index contributed by atoms with van der Waals surface area (Å²) in [5.41, 5.74) is 0.512. The fourth-order valence-electron chi connectivity index (χ4n) is 1.53. The molecule has 2 aromatic carbocycles. The molecule has 0 aromatic heterocycles. The highest BCUT2D eigenvalue weighted by atomic mass is 35.5. The van der Waals surface area contributed by atoms with Gasteiger partial charge < -0.3 is 10.1 Å². The number of carbonyl (C=O) groups is 2. The smallest absolute Gasteiger partial charge is 0.329 e. The van der Waals surface area contributed by atoms with Gasteiger partial charge in [0.2, 0.25) is 0 Å². The summed E-state index contributed by atoms with van der Waals surface area (Å²) in [7, 11) is 1.28. The second kappa shape index (κ2) is 7.15. The van der Waals surface area contributed by atoms with E-state index in [1.807, 2.05) is 0 Å². The third kappa shape index (κ3) is 4.38. The molecule has 0 heterocycles. The molecule has 2 rings (SSSR count). The quantitative estimate of drug-likeness (QED) is 0.635. The zero-order chi connectivity index (χ0) is 16.1. The zero-order valence-corrected chi connectivity index (χ0v) is 13.1. The average Bonchev–Trinajstić information content (AvgIpc) is 2.50. The number of amides is 3. The van der Waals surface area contributed by atoms with Crippen molar-refractivity contribution in [2.24, 2.45) is 0 Å². The van der Waals surface area contributed by atoms with Gasteiger partial charge in [0.05, 0.1) is 0 Å². The number of urea groups is 1. The molecule has 22 heavy (non-hydrogen) atoms. The molecule has 0 fully saturated rings. The Morgan fingerprint density at radius 2 is 1.50 bits per heavy atom. The fraction of sp³-hybridized carbons (Fsp3) is 0.0667. The van der Waals surface area contributed by atoms with E-state index in [0.29, 0.717) is 22.2 Å². The number of halogens is 2. The largest absolute Gasteiger partial charge is 0.457 e. The highest BCUT2D eigenvalue weighted by Gasteiger charge is 2.14. The summed E-state index contributed by atoms with van der Waals surface area (Å²) in [5, 5.41) is 2.30. The maximum absolute atomic E-state index is 11.6. The number of nitrogens with zero attached hydrogens (tertiary/aromatic N) is 1. The standard InChI is InChI=1S/C15H12Cl2N2O3/c1-19(14(17)20)15(21)18-11-4-8-13(9-5-11)22-12-6-2-10(16)3-7-12/h2-9H,1H3,(H,18,21). The first kappa shape index (κ1) is 16.1. The molecule has 0 radical (unpaired) electrons. The number of hydrogen-bond donors (Lipinski definition) is 1. The zero-order valence-electron chi connectivity index (χ0n) is 11.5. The Kier molecular flexibility index (Phi) is 5.25. The third-order valence-electron chi connectivity index (χ3n) is 2.72. The van der Waals surface area contributed by atoms with Gasteiger partial charge in [0, 0.05) is 17.8 Å². The van der Waals surface area contributed by atoms with Crippen LogP contribution in [0.25, 0.3) is 0 Å². The van der Waals surface area contributed by atoms with Crippen LogP contribution in [0.1, 0.15) is 0 Å². The first-order valence-corrected chi connectivity index (χ1v) is 6.99. The molecule has 3 amide bonds. The van der Waals surface area contributed by atoms with Gasteiger partial charge >= 0.3 is 11.4 Å². The summed E-state index contributed by atoms with van der Waals surface area (Å²) >= 11 is 11.0. The second-order valence-corrected chi connectivity index (χ2v) is 5.08. The number of hydrogen-bond acceptors (Lipinski definition) is 3. The Bertz CT molecular complexity index is 672. The van der Waals surface area contributed by atoms with Gasteiger partial charge in [-0.25, -0.2) is 4.79 Å². The molecular formula is C15H12Cl2N2O3. The maximum atomic E-state index is 11.6. The molecule has 0 aliphatic heterocycles. The first-order chi connectivity index (χ1) is 10.5. The lowest BCUT2D eigenvalue weighted by Crippen LogP contribution is -2.33. The lowest BCUT2D eigenvalue weighted by Gasteiger charge is -2.13. The summed E-state index contributed by atoms with van der Waals surface area (Å²) in [4.78, 5) is 23.2. The number of anilines is 1. The predicted octanol–water partition coefficient (Wildman–Crippen LogP) is 4.95. The highest BCUT2D eigenvalue weighted by molar-refractivity contribution is 6.64. The van der Waals surface area contributed by atoms with E-state index in [2.05, 4.69) is 5.32 Å². The predicted molar refractivity (Wildman–Crippen MR) is 86.0 cm³/mol. The number of rotatable bonds is 3. The molecule has 1 N–H and O–H groups in total. The number of benzene rings is 2. The van der Waals surface area contributed by atoms with Crippen molar-refractivity contribution in [2.45, 2.75) is 0 Å². The van der Waals surface area contributed by atoms with Crippen molar-refractivity contribution in [3.05, 3.63) is 53.6 Å². The molecule has 0 unspecified atom stereocenters. The first-order valence-electron chi connectivity index (χ1n) is 6.23. The Labute approximate surface area is 137 Å². The Morgan fingerprint density at radius 1 is 1.00 bits per heavy atom. The van der Waals surface area contributed by atoms with E-state index in [1.54, 1.807) is 48.5 Å². The monoisotopic (exact) mass is 338 g/mol. The van der Waals surface area contributed by atoms with E-state index in [9.17, 15) is 9.59 Å². The van der Waals surface area contributed by atoms with Crippen LogP contribution in [0.4, 0.5) is 15.3 Å². The van der Waals surface area contributed by atoms with Crippen LogP contribution < -0.4 is 10.1 Å². The van der Waals surface area contributed by atoms with Gasteiger partial charge in [0.25, 0.3) is 0 Å². The molecular weight excluding hydrogens is 327 g/mol. The molecule has 0 spiro atoms. The number of carbonyl (C=O) groups excluding carboxylic acids is 2. The normalized spacial score (nSPS) is 9.95. The molecule has 0 aliphatic rings. The number of nitrogens with one attached hydrogen (secondary N) is 1. The molecule has 0 aliphatic carbocycles. The van der Waals surface area contributed by atoms with Gasteiger partial charge in [0.1, 0.15) is 11.5 Å². The van der Waals surface area contributed by atoms with E-state index in [0.717, 1.165) is 4.90 Å². The SMILES string of the molecule is CN(C(=O)Cl)C(=O)Nc1ccc(Oc2ccc(Cl)cc2)cc1. The van der Waals surface area contributed by atoms with E-state index < -0.39 is 11.4 Å². The molecule has 7 heteroatoms.